The molecule has 2 unspecified atom stereocenters. The number of rotatable bonds is 5. The number of likely N-dealkylation sites (tertiary alicyclic amines) is 1. The summed E-state index contributed by atoms with van der Waals surface area (Å²) in [7, 11) is 2.95. The lowest BCUT2D eigenvalue weighted by molar-refractivity contribution is -0.142. The normalized spacial score (nSPS) is 22.8. The van der Waals surface area contributed by atoms with E-state index in [4.69, 9.17) is 25.8 Å². The maximum absolute atomic E-state index is 12.7. The van der Waals surface area contributed by atoms with Gasteiger partial charge in [-0.05, 0) is 73.1 Å². The first kappa shape index (κ1) is 24.1. The number of amides is 1. The van der Waals surface area contributed by atoms with Crippen LogP contribution < -0.4 is 4.74 Å². The van der Waals surface area contributed by atoms with Gasteiger partial charge >= 0.3 is 5.97 Å². The lowest BCUT2D eigenvalue weighted by Crippen LogP contribution is -2.44. The fraction of sp³-hybridized carbons (Fsp3) is 0.500. The molecule has 0 radical (unpaired) electrons. The molecule has 0 aromatic heterocycles. The summed E-state index contributed by atoms with van der Waals surface area (Å²) in [5, 5.41) is 0.378. The average molecular weight is 498 g/mol. The molecular weight excluding hydrogens is 466 g/mol. The fourth-order valence-corrected chi connectivity index (χ4v) is 6.28. The second-order valence-electron chi connectivity index (χ2n) is 10.00. The van der Waals surface area contributed by atoms with Gasteiger partial charge in [0.1, 0.15) is 11.9 Å². The number of halogens is 1. The van der Waals surface area contributed by atoms with Gasteiger partial charge in [0.25, 0.3) is 5.91 Å². The van der Waals surface area contributed by atoms with Crippen molar-refractivity contribution in [2.45, 2.75) is 51.0 Å². The highest BCUT2D eigenvalue weighted by molar-refractivity contribution is 6.33. The molecule has 2 aromatic rings. The van der Waals surface area contributed by atoms with Crippen LogP contribution in [0.4, 0.5) is 0 Å². The van der Waals surface area contributed by atoms with Gasteiger partial charge in [0.05, 0.1) is 24.8 Å². The molecule has 0 N–H and O–H groups in total. The molecule has 5 rings (SSSR count). The number of benzene rings is 2. The van der Waals surface area contributed by atoms with E-state index in [1.165, 1.54) is 19.1 Å². The van der Waals surface area contributed by atoms with Crippen molar-refractivity contribution in [3.05, 3.63) is 52.0 Å². The third-order valence-corrected chi connectivity index (χ3v) is 8.45. The molecule has 6 nitrogen and oxygen atoms in total. The first-order chi connectivity index (χ1) is 16.9. The Morgan fingerprint density at radius 2 is 1.86 bits per heavy atom. The zero-order chi connectivity index (χ0) is 24.7. The number of carbonyl (C=O) groups is 2. The first-order valence-corrected chi connectivity index (χ1v) is 12.7. The van der Waals surface area contributed by atoms with E-state index < -0.39 is 5.97 Å². The summed E-state index contributed by atoms with van der Waals surface area (Å²) < 4.78 is 16.1. The van der Waals surface area contributed by atoms with Gasteiger partial charge in [0, 0.05) is 25.3 Å². The number of hydrogen-bond donors (Lipinski definition) is 0. The van der Waals surface area contributed by atoms with E-state index in [0.717, 1.165) is 55.5 Å². The Balaban J connectivity index is 1.32. The van der Waals surface area contributed by atoms with Crippen LogP contribution in [0.3, 0.4) is 0 Å². The predicted molar refractivity (Wildman–Crippen MR) is 134 cm³/mol. The molecule has 7 heteroatoms. The largest absolute Gasteiger partial charge is 0.495 e. The molecule has 1 aliphatic carbocycles. The first-order valence-electron chi connectivity index (χ1n) is 12.3. The standard InChI is InChI=1S/C28H32ClNO5/c1-17-20(27(32)34-3)15-22(29)25(33-2)24(17)19-8-6-18(7-9-19)21-16-28(21)10-12-30(13-11-28)26(31)23-5-4-14-35-23/h6-9,15,21,23H,4-5,10-14,16H2,1-3H3. The van der Waals surface area contributed by atoms with E-state index in [1.807, 2.05) is 11.8 Å². The highest BCUT2D eigenvalue weighted by Crippen LogP contribution is 2.65. The molecule has 186 valence electrons. The van der Waals surface area contributed by atoms with E-state index in [1.54, 1.807) is 13.2 Å². The Bertz CT molecular complexity index is 1130. The summed E-state index contributed by atoms with van der Waals surface area (Å²) in [5.41, 5.74) is 4.58. The Hall–Kier alpha value is -2.57. The highest BCUT2D eigenvalue weighted by Gasteiger charge is 2.55. The maximum atomic E-state index is 12.7. The quantitative estimate of drug-likeness (QED) is 0.518. The number of nitrogens with zero attached hydrogens (tertiary/aromatic N) is 1. The SMILES string of the molecule is COC(=O)c1cc(Cl)c(OC)c(-c2ccc(C3CC34CCN(C(=O)C3CCCO3)CC4)cc2)c1C. The Labute approximate surface area is 211 Å². The third kappa shape index (κ3) is 4.31. The molecule has 2 heterocycles. The van der Waals surface area contributed by atoms with Gasteiger partial charge in [-0.3, -0.25) is 4.79 Å². The number of ether oxygens (including phenoxy) is 3. The van der Waals surface area contributed by atoms with Crippen LogP contribution in [0.25, 0.3) is 11.1 Å². The summed E-state index contributed by atoms with van der Waals surface area (Å²) in [4.78, 5) is 27.0. The van der Waals surface area contributed by atoms with Crippen molar-refractivity contribution in [2.24, 2.45) is 5.41 Å². The average Bonchev–Trinajstić information content (AvgIpc) is 3.29. The fourth-order valence-electron chi connectivity index (χ4n) is 6.00. The van der Waals surface area contributed by atoms with Crippen LogP contribution >= 0.6 is 11.6 Å². The van der Waals surface area contributed by atoms with Gasteiger partial charge in [-0.1, -0.05) is 35.9 Å². The monoisotopic (exact) mass is 497 g/mol. The number of methoxy groups -OCH3 is 2. The molecule has 2 aliphatic heterocycles. The number of esters is 1. The van der Waals surface area contributed by atoms with E-state index in [0.29, 0.717) is 34.3 Å². The van der Waals surface area contributed by atoms with Crippen LogP contribution in [0.5, 0.6) is 5.75 Å². The van der Waals surface area contributed by atoms with Crippen LogP contribution in [0.15, 0.2) is 30.3 Å². The van der Waals surface area contributed by atoms with Gasteiger partial charge in [-0.25, -0.2) is 4.79 Å². The minimum absolute atomic E-state index is 0.177. The molecule has 1 saturated carbocycles. The van der Waals surface area contributed by atoms with Crippen LogP contribution in [0, 0.1) is 12.3 Å². The molecule has 2 saturated heterocycles. The molecule has 1 amide bonds. The summed E-state index contributed by atoms with van der Waals surface area (Å²) in [6, 6.07) is 10.1. The molecule has 3 fully saturated rings. The Morgan fingerprint density at radius 1 is 1.14 bits per heavy atom. The molecule has 1 spiro atoms. The second-order valence-corrected chi connectivity index (χ2v) is 10.4. The highest BCUT2D eigenvalue weighted by atomic mass is 35.5. The van der Waals surface area contributed by atoms with Gasteiger partial charge in [0.2, 0.25) is 0 Å². The molecule has 0 bridgehead atoms. The van der Waals surface area contributed by atoms with Crippen molar-refractivity contribution in [2.75, 3.05) is 33.9 Å². The van der Waals surface area contributed by atoms with Gasteiger partial charge in [-0.15, -0.1) is 0 Å². The van der Waals surface area contributed by atoms with Crippen LogP contribution in [-0.4, -0.2) is 56.8 Å². The smallest absolute Gasteiger partial charge is 0.338 e. The van der Waals surface area contributed by atoms with Crippen molar-refractivity contribution in [1.29, 1.82) is 0 Å². The van der Waals surface area contributed by atoms with Crippen molar-refractivity contribution in [3.8, 4) is 16.9 Å². The van der Waals surface area contributed by atoms with Gasteiger partial charge in [0.15, 0.2) is 0 Å². The zero-order valence-corrected chi connectivity index (χ0v) is 21.3. The maximum Gasteiger partial charge on any atom is 0.338 e. The van der Waals surface area contributed by atoms with E-state index in [2.05, 4.69) is 24.3 Å². The molecule has 3 aliphatic rings. The summed E-state index contributed by atoms with van der Waals surface area (Å²) >= 11 is 6.45. The number of piperidine rings is 1. The predicted octanol–water partition coefficient (Wildman–Crippen LogP) is 5.39. The minimum Gasteiger partial charge on any atom is -0.495 e. The summed E-state index contributed by atoms with van der Waals surface area (Å²) in [5.74, 6) is 0.825. The second kappa shape index (κ2) is 9.47. The van der Waals surface area contributed by atoms with Crippen molar-refractivity contribution >= 4 is 23.5 Å². The zero-order valence-electron chi connectivity index (χ0n) is 20.6. The Kier molecular flexibility index (Phi) is 6.53. The minimum atomic E-state index is -0.422. The topological polar surface area (TPSA) is 65.1 Å². The lowest BCUT2D eigenvalue weighted by atomic mass is 9.87. The number of hydrogen-bond acceptors (Lipinski definition) is 5. The summed E-state index contributed by atoms with van der Waals surface area (Å²) in [6.07, 6.45) is 4.87. The van der Waals surface area contributed by atoms with Crippen LogP contribution in [0.2, 0.25) is 5.02 Å². The van der Waals surface area contributed by atoms with E-state index in [9.17, 15) is 9.59 Å². The molecule has 2 aromatic carbocycles. The van der Waals surface area contributed by atoms with E-state index in [-0.39, 0.29) is 12.0 Å². The molecule has 2 atom stereocenters. The number of carbonyl (C=O) groups excluding carboxylic acids is 2. The molecule has 35 heavy (non-hydrogen) atoms. The van der Waals surface area contributed by atoms with Crippen molar-refractivity contribution < 1.29 is 23.8 Å². The Morgan fingerprint density at radius 3 is 2.46 bits per heavy atom. The van der Waals surface area contributed by atoms with Crippen molar-refractivity contribution in [3.63, 3.8) is 0 Å². The molecular formula is C28H32ClNO5. The van der Waals surface area contributed by atoms with Gasteiger partial charge in [-0.2, -0.15) is 0 Å². The van der Waals surface area contributed by atoms with Gasteiger partial charge < -0.3 is 19.1 Å². The third-order valence-electron chi connectivity index (χ3n) is 8.17. The van der Waals surface area contributed by atoms with E-state index >= 15 is 0 Å². The lowest BCUT2D eigenvalue weighted by Gasteiger charge is -2.34. The summed E-state index contributed by atoms with van der Waals surface area (Å²) in [6.45, 7) is 4.23. The van der Waals surface area contributed by atoms with Crippen LogP contribution in [-0.2, 0) is 14.3 Å². The van der Waals surface area contributed by atoms with Crippen LogP contribution in [0.1, 0.15) is 59.5 Å². The van der Waals surface area contributed by atoms with Crippen molar-refractivity contribution in [1.82, 2.24) is 4.90 Å².